The van der Waals surface area contributed by atoms with Crippen molar-refractivity contribution in [3.05, 3.63) is 71.7 Å². The van der Waals surface area contributed by atoms with E-state index in [1.54, 1.807) is 18.2 Å². The summed E-state index contributed by atoms with van der Waals surface area (Å²) in [5, 5.41) is 5.10. The number of fused-ring (bicyclic) bond motifs is 1. The number of hydrogen-bond donors (Lipinski definition) is 1. The summed E-state index contributed by atoms with van der Waals surface area (Å²) in [5.74, 6) is -0.293. The summed E-state index contributed by atoms with van der Waals surface area (Å²) in [7, 11) is 0. The van der Waals surface area contributed by atoms with Gasteiger partial charge in [-0.25, -0.2) is 4.39 Å². The molecule has 0 amide bonds. The fourth-order valence-corrected chi connectivity index (χ4v) is 2.15. The Labute approximate surface area is 122 Å². The summed E-state index contributed by atoms with van der Waals surface area (Å²) in [4.78, 5) is 4.46. The van der Waals surface area contributed by atoms with Crippen molar-refractivity contribution in [2.75, 3.05) is 5.43 Å². The van der Waals surface area contributed by atoms with E-state index in [2.05, 4.69) is 15.5 Å². The van der Waals surface area contributed by atoms with Crippen molar-refractivity contribution < 1.29 is 4.39 Å². The average Bonchev–Trinajstić information content (AvgIpc) is 2.49. The molecule has 0 aliphatic heterocycles. The Bertz CT molecular complexity index is 812. The molecule has 1 heterocycles. The van der Waals surface area contributed by atoms with E-state index < -0.39 is 0 Å². The Hall–Kier alpha value is -2.75. The van der Waals surface area contributed by atoms with Crippen LogP contribution in [0.25, 0.3) is 10.9 Å². The predicted molar refractivity (Wildman–Crippen MR) is 84.1 cm³/mol. The van der Waals surface area contributed by atoms with Crippen molar-refractivity contribution in [2.24, 2.45) is 5.10 Å². The number of rotatable bonds is 3. The molecule has 0 spiro atoms. The highest BCUT2D eigenvalue weighted by atomic mass is 19.1. The molecule has 0 unspecified atom stereocenters. The maximum atomic E-state index is 13.5. The number of para-hydroxylation sites is 1. The number of hydrazone groups is 1. The number of hydrogen-bond acceptors (Lipinski definition) is 3. The van der Waals surface area contributed by atoms with Gasteiger partial charge in [-0.05, 0) is 25.1 Å². The van der Waals surface area contributed by atoms with Crippen molar-refractivity contribution in [2.45, 2.75) is 6.92 Å². The molecule has 2 aromatic carbocycles. The van der Waals surface area contributed by atoms with Crippen LogP contribution in [0.4, 0.5) is 10.1 Å². The van der Waals surface area contributed by atoms with Crippen LogP contribution < -0.4 is 5.43 Å². The van der Waals surface area contributed by atoms with Gasteiger partial charge in [0, 0.05) is 16.6 Å². The van der Waals surface area contributed by atoms with E-state index in [-0.39, 0.29) is 5.82 Å². The van der Waals surface area contributed by atoms with Crippen molar-refractivity contribution in [1.29, 1.82) is 0 Å². The van der Waals surface area contributed by atoms with Crippen LogP contribution in [0.15, 0.2) is 59.7 Å². The van der Waals surface area contributed by atoms with Gasteiger partial charge >= 0.3 is 0 Å². The van der Waals surface area contributed by atoms with E-state index in [1.807, 2.05) is 37.3 Å². The molecule has 0 radical (unpaired) electrons. The Morgan fingerprint density at radius 1 is 1.10 bits per heavy atom. The third-order valence-electron chi connectivity index (χ3n) is 3.14. The molecule has 0 aliphatic carbocycles. The van der Waals surface area contributed by atoms with Gasteiger partial charge in [0.2, 0.25) is 0 Å². The van der Waals surface area contributed by atoms with E-state index in [0.29, 0.717) is 5.56 Å². The van der Waals surface area contributed by atoms with E-state index in [4.69, 9.17) is 0 Å². The Kier molecular flexibility index (Phi) is 3.60. The first-order valence-corrected chi connectivity index (χ1v) is 6.64. The molecular formula is C17H14FN3. The highest BCUT2D eigenvalue weighted by Gasteiger charge is 2.02. The second-order valence-corrected chi connectivity index (χ2v) is 4.72. The minimum Gasteiger partial charge on any atom is -0.278 e. The normalized spacial score (nSPS) is 11.1. The number of aromatic nitrogens is 1. The Morgan fingerprint density at radius 3 is 2.71 bits per heavy atom. The molecule has 0 fully saturated rings. The van der Waals surface area contributed by atoms with Crippen LogP contribution in [-0.2, 0) is 0 Å². The second kappa shape index (κ2) is 5.71. The molecule has 0 saturated carbocycles. The fraction of sp³-hybridized carbons (Fsp3) is 0.0588. The minimum atomic E-state index is -0.293. The molecule has 104 valence electrons. The minimum absolute atomic E-state index is 0.293. The van der Waals surface area contributed by atoms with Crippen LogP contribution in [0, 0.1) is 12.7 Å². The summed E-state index contributed by atoms with van der Waals surface area (Å²) in [5.41, 5.74) is 6.07. The Morgan fingerprint density at radius 2 is 1.86 bits per heavy atom. The molecule has 0 saturated heterocycles. The molecule has 3 rings (SSSR count). The number of halogens is 1. The van der Waals surface area contributed by atoms with E-state index in [9.17, 15) is 4.39 Å². The number of pyridine rings is 1. The molecule has 3 aromatic rings. The van der Waals surface area contributed by atoms with Gasteiger partial charge in [0.25, 0.3) is 0 Å². The lowest BCUT2D eigenvalue weighted by molar-refractivity contribution is 0.626. The van der Waals surface area contributed by atoms with Gasteiger partial charge in [0.05, 0.1) is 17.4 Å². The number of nitrogens with one attached hydrogen (secondary N) is 1. The predicted octanol–water partition coefficient (Wildman–Crippen LogP) is 4.13. The molecule has 0 atom stereocenters. The van der Waals surface area contributed by atoms with Gasteiger partial charge in [0.15, 0.2) is 0 Å². The van der Waals surface area contributed by atoms with Crippen molar-refractivity contribution in [3.8, 4) is 0 Å². The van der Waals surface area contributed by atoms with Crippen LogP contribution in [0.2, 0.25) is 0 Å². The zero-order valence-corrected chi connectivity index (χ0v) is 11.5. The summed E-state index contributed by atoms with van der Waals surface area (Å²) >= 11 is 0. The standard InChI is InChI=1S/C17H14FN3/c1-12-10-17(14-7-3-5-9-16(14)20-12)21-19-11-13-6-2-4-8-15(13)18/h2-11H,1H3,(H,20,21)/b19-11+. The van der Waals surface area contributed by atoms with Gasteiger partial charge in [0.1, 0.15) is 5.82 Å². The molecule has 0 bridgehead atoms. The Balaban J connectivity index is 1.90. The monoisotopic (exact) mass is 279 g/mol. The molecular weight excluding hydrogens is 265 g/mol. The highest BCUT2D eigenvalue weighted by Crippen LogP contribution is 2.22. The summed E-state index contributed by atoms with van der Waals surface area (Å²) in [6, 6.07) is 16.3. The van der Waals surface area contributed by atoms with Crippen LogP contribution >= 0.6 is 0 Å². The van der Waals surface area contributed by atoms with Crippen molar-refractivity contribution in [1.82, 2.24) is 4.98 Å². The van der Waals surface area contributed by atoms with Crippen molar-refractivity contribution >= 4 is 22.8 Å². The first kappa shape index (κ1) is 13.2. The number of benzene rings is 2. The van der Waals surface area contributed by atoms with Crippen LogP contribution in [0.3, 0.4) is 0 Å². The molecule has 4 heteroatoms. The zero-order valence-electron chi connectivity index (χ0n) is 11.5. The van der Waals surface area contributed by atoms with Gasteiger partial charge < -0.3 is 0 Å². The van der Waals surface area contributed by atoms with Crippen LogP contribution in [0.1, 0.15) is 11.3 Å². The lowest BCUT2D eigenvalue weighted by atomic mass is 10.1. The zero-order chi connectivity index (χ0) is 14.7. The van der Waals surface area contributed by atoms with Gasteiger partial charge in [-0.15, -0.1) is 0 Å². The quantitative estimate of drug-likeness (QED) is 0.578. The molecule has 1 N–H and O–H groups in total. The first-order chi connectivity index (χ1) is 10.2. The molecule has 1 aromatic heterocycles. The van der Waals surface area contributed by atoms with Gasteiger partial charge in [-0.3, -0.25) is 10.4 Å². The highest BCUT2D eigenvalue weighted by molar-refractivity contribution is 5.92. The summed E-state index contributed by atoms with van der Waals surface area (Å²) in [6.07, 6.45) is 1.47. The van der Waals surface area contributed by atoms with Gasteiger partial charge in [-0.1, -0.05) is 36.4 Å². The average molecular weight is 279 g/mol. The lowest BCUT2D eigenvalue weighted by Crippen LogP contribution is -1.95. The smallest absolute Gasteiger partial charge is 0.132 e. The lowest BCUT2D eigenvalue weighted by Gasteiger charge is -2.06. The number of nitrogens with zero attached hydrogens (tertiary/aromatic N) is 2. The third-order valence-corrected chi connectivity index (χ3v) is 3.14. The third kappa shape index (κ3) is 2.89. The maximum Gasteiger partial charge on any atom is 0.132 e. The summed E-state index contributed by atoms with van der Waals surface area (Å²) < 4.78 is 13.5. The van der Waals surface area contributed by atoms with Gasteiger partial charge in [-0.2, -0.15) is 5.10 Å². The number of aryl methyl sites for hydroxylation is 1. The van der Waals surface area contributed by atoms with E-state index in [1.165, 1.54) is 12.3 Å². The van der Waals surface area contributed by atoms with Crippen molar-refractivity contribution in [3.63, 3.8) is 0 Å². The first-order valence-electron chi connectivity index (χ1n) is 6.64. The SMILES string of the molecule is Cc1cc(N/N=C/c2ccccc2F)c2ccccc2n1. The van der Waals surface area contributed by atoms with Crippen LogP contribution in [0.5, 0.6) is 0 Å². The number of anilines is 1. The fourth-order valence-electron chi connectivity index (χ4n) is 2.15. The topological polar surface area (TPSA) is 37.3 Å². The molecule has 21 heavy (non-hydrogen) atoms. The largest absolute Gasteiger partial charge is 0.278 e. The van der Waals surface area contributed by atoms with E-state index >= 15 is 0 Å². The maximum absolute atomic E-state index is 13.5. The molecule has 3 nitrogen and oxygen atoms in total. The van der Waals surface area contributed by atoms with Crippen LogP contribution in [-0.4, -0.2) is 11.2 Å². The molecule has 0 aliphatic rings. The summed E-state index contributed by atoms with van der Waals surface area (Å²) in [6.45, 7) is 1.93. The second-order valence-electron chi connectivity index (χ2n) is 4.72. The van der Waals surface area contributed by atoms with E-state index in [0.717, 1.165) is 22.3 Å².